The second-order valence-corrected chi connectivity index (χ2v) is 4.46. The molecule has 1 rings (SSSR count). The topological polar surface area (TPSA) is 64.4 Å². The van der Waals surface area contributed by atoms with Gasteiger partial charge in [-0.3, -0.25) is 4.79 Å². The van der Waals surface area contributed by atoms with E-state index in [1.165, 1.54) is 0 Å². The van der Waals surface area contributed by atoms with Gasteiger partial charge >= 0.3 is 0 Å². The first kappa shape index (κ1) is 14.2. The van der Waals surface area contributed by atoms with Crippen LogP contribution in [0.25, 0.3) is 0 Å². The summed E-state index contributed by atoms with van der Waals surface area (Å²) in [6, 6.07) is 1.75. The van der Waals surface area contributed by atoms with Crippen molar-refractivity contribution in [3.05, 3.63) is 17.5 Å². The molecule has 0 radical (unpaired) electrons. The summed E-state index contributed by atoms with van der Waals surface area (Å²) < 4.78 is 9.85. The SMILES string of the molecule is CCC(CCBr)NC(=O)c1cc(COC)on1. The van der Waals surface area contributed by atoms with E-state index < -0.39 is 0 Å². The number of ether oxygens (including phenoxy) is 1. The average molecular weight is 305 g/mol. The standard InChI is InChI=1S/C11H17BrN2O3/c1-3-8(4-5-12)13-11(15)10-6-9(7-16-2)17-14-10/h6,8H,3-5,7H2,1-2H3,(H,13,15). The molecular weight excluding hydrogens is 288 g/mol. The molecule has 0 bridgehead atoms. The zero-order chi connectivity index (χ0) is 12.7. The van der Waals surface area contributed by atoms with Gasteiger partial charge in [0.05, 0.1) is 0 Å². The number of halogens is 1. The zero-order valence-electron chi connectivity index (χ0n) is 10.0. The molecule has 0 aliphatic heterocycles. The van der Waals surface area contributed by atoms with Crippen LogP contribution in [0, 0.1) is 0 Å². The van der Waals surface area contributed by atoms with E-state index >= 15 is 0 Å². The van der Waals surface area contributed by atoms with Crippen molar-refractivity contribution >= 4 is 21.8 Å². The summed E-state index contributed by atoms with van der Waals surface area (Å²) in [5.74, 6) is 0.343. The fraction of sp³-hybridized carbons (Fsp3) is 0.636. The molecule has 0 saturated carbocycles. The lowest BCUT2D eigenvalue weighted by Crippen LogP contribution is -2.34. The van der Waals surface area contributed by atoms with Crippen LogP contribution in [0.3, 0.4) is 0 Å². The molecule has 96 valence electrons. The maximum absolute atomic E-state index is 11.8. The minimum atomic E-state index is -0.205. The van der Waals surface area contributed by atoms with Gasteiger partial charge in [-0.05, 0) is 12.8 Å². The fourth-order valence-corrected chi connectivity index (χ4v) is 1.95. The minimum Gasteiger partial charge on any atom is -0.377 e. The molecule has 0 saturated heterocycles. The molecular formula is C11H17BrN2O3. The lowest BCUT2D eigenvalue weighted by Gasteiger charge is -2.14. The second kappa shape index (κ2) is 7.45. The van der Waals surface area contributed by atoms with E-state index in [0.717, 1.165) is 18.2 Å². The van der Waals surface area contributed by atoms with Crippen LogP contribution in [0.2, 0.25) is 0 Å². The van der Waals surface area contributed by atoms with Gasteiger partial charge in [-0.25, -0.2) is 0 Å². The largest absolute Gasteiger partial charge is 0.377 e. The molecule has 0 aliphatic carbocycles. The van der Waals surface area contributed by atoms with Crippen LogP contribution in [0.1, 0.15) is 36.0 Å². The van der Waals surface area contributed by atoms with Crippen molar-refractivity contribution in [1.82, 2.24) is 10.5 Å². The van der Waals surface area contributed by atoms with Gasteiger partial charge < -0.3 is 14.6 Å². The Labute approximate surface area is 109 Å². The molecule has 17 heavy (non-hydrogen) atoms. The van der Waals surface area contributed by atoms with Gasteiger partial charge in [0.2, 0.25) is 0 Å². The number of nitrogens with zero attached hydrogens (tertiary/aromatic N) is 1. The summed E-state index contributed by atoms with van der Waals surface area (Å²) in [6.07, 6.45) is 1.78. The first-order chi connectivity index (χ1) is 8.21. The molecule has 1 aromatic heterocycles. The van der Waals surface area contributed by atoms with Crippen molar-refractivity contribution in [2.45, 2.75) is 32.4 Å². The highest BCUT2D eigenvalue weighted by Crippen LogP contribution is 2.07. The van der Waals surface area contributed by atoms with Crippen LogP contribution in [-0.4, -0.2) is 29.5 Å². The van der Waals surface area contributed by atoms with Crippen molar-refractivity contribution in [1.29, 1.82) is 0 Å². The highest BCUT2D eigenvalue weighted by Gasteiger charge is 2.15. The Morgan fingerprint density at radius 3 is 3.06 bits per heavy atom. The molecule has 6 heteroatoms. The highest BCUT2D eigenvalue weighted by atomic mass is 79.9. The summed E-state index contributed by atoms with van der Waals surface area (Å²) in [6.45, 7) is 2.35. The van der Waals surface area contributed by atoms with Gasteiger partial charge in [0.1, 0.15) is 6.61 Å². The van der Waals surface area contributed by atoms with Gasteiger partial charge in [0.25, 0.3) is 5.91 Å². The number of methoxy groups -OCH3 is 1. The summed E-state index contributed by atoms with van der Waals surface area (Å²) >= 11 is 3.36. The molecule has 0 aliphatic rings. The number of carbonyl (C=O) groups is 1. The van der Waals surface area contributed by atoms with Gasteiger partial charge in [0.15, 0.2) is 11.5 Å². The normalized spacial score (nSPS) is 12.4. The monoisotopic (exact) mass is 304 g/mol. The predicted molar refractivity (Wildman–Crippen MR) is 67.2 cm³/mol. The van der Waals surface area contributed by atoms with E-state index in [1.54, 1.807) is 13.2 Å². The van der Waals surface area contributed by atoms with E-state index in [1.807, 2.05) is 6.92 Å². The summed E-state index contributed by atoms with van der Waals surface area (Å²) in [4.78, 5) is 11.8. The average Bonchev–Trinajstić information content (AvgIpc) is 2.77. The van der Waals surface area contributed by atoms with E-state index in [0.29, 0.717) is 18.1 Å². The number of rotatable bonds is 7. The molecule has 1 unspecified atom stereocenters. The molecule has 1 amide bonds. The Bertz CT molecular complexity index is 354. The van der Waals surface area contributed by atoms with Gasteiger partial charge in [-0.2, -0.15) is 0 Å². The first-order valence-corrected chi connectivity index (χ1v) is 6.64. The third-order valence-corrected chi connectivity index (χ3v) is 2.82. The Morgan fingerprint density at radius 2 is 2.47 bits per heavy atom. The van der Waals surface area contributed by atoms with Crippen molar-refractivity contribution in [3.8, 4) is 0 Å². The lowest BCUT2D eigenvalue weighted by atomic mass is 10.1. The van der Waals surface area contributed by atoms with Crippen LogP contribution in [0.15, 0.2) is 10.6 Å². The lowest BCUT2D eigenvalue weighted by molar-refractivity contribution is 0.0925. The molecule has 0 spiro atoms. The minimum absolute atomic E-state index is 0.157. The van der Waals surface area contributed by atoms with Gasteiger partial charge in [-0.15, -0.1) is 0 Å². The van der Waals surface area contributed by atoms with Crippen LogP contribution >= 0.6 is 15.9 Å². The highest BCUT2D eigenvalue weighted by molar-refractivity contribution is 9.09. The molecule has 1 aromatic rings. The van der Waals surface area contributed by atoms with Crippen LogP contribution in [-0.2, 0) is 11.3 Å². The number of alkyl halides is 1. The van der Waals surface area contributed by atoms with Crippen LogP contribution in [0.5, 0.6) is 0 Å². The van der Waals surface area contributed by atoms with Gasteiger partial charge in [0, 0.05) is 24.5 Å². The number of hydrogen-bond acceptors (Lipinski definition) is 4. The van der Waals surface area contributed by atoms with E-state index in [-0.39, 0.29) is 11.9 Å². The smallest absolute Gasteiger partial charge is 0.273 e. The maximum atomic E-state index is 11.8. The molecule has 0 aromatic carbocycles. The molecule has 1 N–H and O–H groups in total. The van der Waals surface area contributed by atoms with Crippen LogP contribution < -0.4 is 5.32 Å². The predicted octanol–water partition coefficient (Wildman–Crippen LogP) is 2.11. The number of aromatic nitrogens is 1. The Hall–Kier alpha value is -0.880. The number of nitrogens with one attached hydrogen (secondary N) is 1. The summed E-state index contributed by atoms with van der Waals surface area (Å²) in [5, 5.41) is 7.47. The molecule has 1 atom stereocenters. The quantitative estimate of drug-likeness (QED) is 0.784. The summed E-state index contributed by atoms with van der Waals surface area (Å²) in [5.41, 5.74) is 0.296. The van der Waals surface area contributed by atoms with Crippen molar-refractivity contribution in [2.75, 3.05) is 12.4 Å². The Balaban J connectivity index is 2.55. The molecule has 1 heterocycles. The molecule has 0 fully saturated rings. The van der Waals surface area contributed by atoms with E-state index in [4.69, 9.17) is 9.26 Å². The van der Waals surface area contributed by atoms with Crippen molar-refractivity contribution in [2.24, 2.45) is 0 Å². The number of hydrogen-bond donors (Lipinski definition) is 1. The third kappa shape index (κ3) is 4.47. The zero-order valence-corrected chi connectivity index (χ0v) is 11.6. The number of amides is 1. The second-order valence-electron chi connectivity index (χ2n) is 3.67. The third-order valence-electron chi connectivity index (χ3n) is 2.36. The maximum Gasteiger partial charge on any atom is 0.273 e. The van der Waals surface area contributed by atoms with Crippen molar-refractivity contribution in [3.63, 3.8) is 0 Å². The Morgan fingerprint density at radius 1 is 1.71 bits per heavy atom. The Kier molecular flexibility index (Phi) is 6.21. The van der Waals surface area contributed by atoms with E-state index in [9.17, 15) is 4.79 Å². The van der Waals surface area contributed by atoms with E-state index in [2.05, 4.69) is 26.4 Å². The number of carbonyl (C=O) groups excluding carboxylic acids is 1. The van der Waals surface area contributed by atoms with Gasteiger partial charge in [-0.1, -0.05) is 28.0 Å². The fourth-order valence-electron chi connectivity index (χ4n) is 1.40. The molecule has 5 nitrogen and oxygen atoms in total. The first-order valence-electron chi connectivity index (χ1n) is 5.52. The van der Waals surface area contributed by atoms with Crippen LogP contribution in [0.4, 0.5) is 0 Å². The summed E-state index contributed by atoms with van der Waals surface area (Å²) in [7, 11) is 1.56. The van der Waals surface area contributed by atoms with Crippen molar-refractivity contribution < 1.29 is 14.1 Å².